The second-order valence-corrected chi connectivity index (χ2v) is 7.14. The van der Waals surface area contributed by atoms with Crippen molar-refractivity contribution in [2.24, 2.45) is 0 Å². The third kappa shape index (κ3) is 2.73. The number of hydrogen-bond donors (Lipinski definition) is 2. The highest BCUT2D eigenvalue weighted by atomic mass is 35.5. The molecule has 2 atom stereocenters. The van der Waals surface area contributed by atoms with Crippen LogP contribution >= 0.6 is 23.2 Å². The molecular weight excluding hydrogens is 337 g/mol. The molecular formula is C17H19Cl2NO3. The van der Waals surface area contributed by atoms with Crippen molar-refractivity contribution in [1.82, 2.24) is 5.32 Å². The minimum absolute atomic E-state index is 0.0207. The molecule has 1 heterocycles. The first-order valence-corrected chi connectivity index (χ1v) is 8.38. The first-order valence-electron chi connectivity index (χ1n) is 7.63. The van der Waals surface area contributed by atoms with Gasteiger partial charge in [0, 0.05) is 24.1 Å². The van der Waals surface area contributed by atoms with Crippen LogP contribution in [-0.4, -0.2) is 29.8 Å². The number of benzene rings is 1. The summed E-state index contributed by atoms with van der Waals surface area (Å²) >= 11 is 12.3. The summed E-state index contributed by atoms with van der Waals surface area (Å²) in [5, 5.41) is 14.7. The van der Waals surface area contributed by atoms with E-state index < -0.39 is 5.54 Å². The van der Waals surface area contributed by atoms with Crippen molar-refractivity contribution >= 4 is 34.7 Å². The van der Waals surface area contributed by atoms with E-state index in [9.17, 15) is 9.90 Å². The largest absolute Gasteiger partial charge is 0.509 e. The Bertz CT molecular complexity index is 678. The van der Waals surface area contributed by atoms with E-state index in [-0.39, 0.29) is 23.3 Å². The molecule has 1 aromatic carbocycles. The van der Waals surface area contributed by atoms with Crippen LogP contribution in [0.1, 0.15) is 36.8 Å². The number of methoxy groups -OCH3 is 1. The van der Waals surface area contributed by atoms with Gasteiger partial charge in [-0.1, -0.05) is 23.2 Å². The number of halogens is 2. The van der Waals surface area contributed by atoms with Crippen molar-refractivity contribution in [2.75, 3.05) is 7.11 Å². The summed E-state index contributed by atoms with van der Waals surface area (Å²) in [6.07, 6.45) is 3.08. The molecule has 0 radical (unpaired) electrons. The quantitative estimate of drug-likeness (QED) is 0.841. The van der Waals surface area contributed by atoms with E-state index in [2.05, 4.69) is 5.32 Å². The molecule has 4 nitrogen and oxygen atoms in total. The number of carbonyl (C=O) groups excluding carboxylic acids is 1. The van der Waals surface area contributed by atoms with Crippen LogP contribution in [0.5, 0.6) is 0 Å². The Labute approximate surface area is 145 Å². The lowest BCUT2D eigenvalue weighted by molar-refractivity contribution is -0.116. The van der Waals surface area contributed by atoms with Crippen molar-refractivity contribution in [3.8, 4) is 0 Å². The number of aliphatic hydroxyl groups excluding tert-OH is 1. The number of nitrogens with one attached hydrogen (secondary N) is 1. The van der Waals surface area contributed by atoms with Gasteiger partial charge in [0.15, 0.2) is 0 Å². The minimum atomic E-state index is -0.749. The number of amides is 1. The van der Waals surface area contributed by atoms with Gasteiger partial charge in [0.2, 0.25) is 0 Å². The molecule has 0 bridgehead atoms. The van der Waals surface area contributed by atoms with E-state index in [1.807, 2.05) is 6.92 Å². The average molecular weight is 356 g/mol. The fourth-order valence-electron chi connectivity index (χ4n) is 3.69. The summed E-state index contributed by atoms with van der Waals surface area (Å²) in [5.74, 6) is -0.233. The van der Waals surface area contributed by atoms with Gasteiger partial charge in [-0.05, 0) is 43.9 Å². The maximum atomic E-state index is 12.6. The molecule has 0 saturated heterocycles. The van der Waals surface area contributed by atoms with Crippen molar-refractivity contribution in [1.29, 1.82) is 0 Å². The van der Waals surface area contributed by atoms with Crippen molar-refractivity contribution in [3.05, 3.63) is 39.1 Å². The van der Waals surface area contributed by atoms with E-state index in [1.165, 1.54) is 0 Å². The van der Waals surface area contributed by atoms with Crippen LogP contribution in [0.25, 0.3) is 5.57 Å². The third-order valence-corrected chi connectivity index (χ3v) is 5.33. The van der Waals surface area contributed by atoms with Crippen molar-refractivity contribution < 1.29 is 14.6 Å². The average Bonchev–Trinajstić information content (AvgIpc) is 2.70. The smallest absolute Gasteiger partial charge is 0.256 e. The van der Waals surface area contributed by atoms with E-state index in [4.69, 9.17) is 27.9 Å². The number of carbonyl (C=O) groups is 1. The van der Waals surface area contributed by atoms with E-state index in [0.29, 0.717) is 28.5 Å². The molecule has 23 heavy (non-hydrogen) atoms. The number of aryl methyl sites for hydroxylation is 1. The maximum Gasteiger partial charge on any atom is 0.256 e. The fourth-order valence-corrected chi connectivity index (χ4v) is 4.38. The molecule has 6 heteroatoms. The number of rotatable bonds is 2. The van der Waals surface area contributed by atoms with Gasteiger partial charge in [0.05, 0.1) is 16.7 Å². The van der Waals surface area contributed by atoms with E-state index in [0.717, 1.165) is 18.4 Å². The first-order chi connectivity index (χ1) is 10.9. The van der Waals surface area contributed by atoms with E-state index in [1.54, 1.807) is 19.2 Å². The van der Waals surface area contributed by atoms with Crippen LogP contribution in [-0.2, 0) is 9.53 Å². The lowest BCUT2D eigenvalue weighted by Gasteiger charge is -2.37. The molecule has 1 aliphatic carbocycles. The highest BCUT2D eigenvalue weighted by Crippen LogP contribution is 2.44. The highest BCUT2D eigenvalue weighted by molar-refractivity contribution is 6.38. The summed E-state index contributed by atoms with van der Waals surface area (Å²) in [5.41, 5.74) is 0.805. The third-order valence-electron chi connectivity index (χ3n) is 4.81. The predicted octanol–water partition coefficient (Wildman–Crippen LogP) is 4.03. The van der Waals surface area contributed by atoms with Crippen LogP contribution in [0.4, 0.5) is 0 Å². The van der Waals surface area contributed by atoms with E-state index >= 15 is 0 Å². The van der Waals surface area contributed by atoms with Crippen LogP contribution in [0.15, 0.2) is 17.9 Å². The number of ether oxygens (including phenoxy) is 1. The molecule has 1 aromatic rings. The van der Waals surface area contributed by atoms with Crippen LogP contribution in [0.3, 0.4) is 0 Å². The Kier molecular flexibility index (Phi) is 4.34. The monoisotopic (exact) mass is 355 g/mol. The second kappa shape index (κ2) is 6.00. The summed E-state index contributed by atoms with van der Waals surface area (Å²) in [6, 6.07) is 3.32. The molecule has 1 aliphatic heterocycles. The van der Waals surface area contributed by atoms with Crippen LogP contribution < -0.4 is 5.32 Å². The maximum absolute atomic E-state index is 12.6. The van der Waals surface area contributed by atoms with Gasteiger partial charge in [-0.25, -0.2) is 0 Å². The van der Waals surface area contributed by atoms with Gasteiger partial charge in [-0.2, -0.15) is 0 Å². The Morgan fingerprint density at radius 2 is 2.13 bits per heavy atom. The molecule has 0 aromatic heterocycles. The SMILES string of the molecule is COC1CCCC2(C1)NC(=O)C(c1c(C)cc(Cl)cc1Cl)=C2O. The van der Waals surface area contributed by atoms with Crippen LogP contribution in [0, 0.1) is 6.92 Å². The molecule has 1 saturated carbocycles. The zero-order valence-corrected chi connectivity index (χ0v) is 14.6. The molecule has 2 aliphatic rings. The molecule has 1 fully saturated rings. The number of hydrogen-bond acceptors (Lipinski definition) is 3. The highest BCUT2D eigenvalue weighted by Gasteiger charge is 2.49. The molecule has 2 unspecified atom stereocenters. The van der Waals surface area contributed by atoms with Gasteiger partial charge >= 0.3 is 0 Å². The normalized spacial score (nSPS) is 27.7. The van der Waals surface area contributed by atoms with Crippen molar-refractivity contribution in [2.45, 2.75) is 44.2 Å². The van der Waals surface area contributed by atoms with Gasteiger partial charge in [0.25, 0.3) is 5.91 Å². The molecule has 1 spiro atoms. The predicted molar refractivity (Wildman–Crippen MR) is 90.9 cm³/mol. The molecule has 124 valence electrons. The Balaban J connectivity index is 2.10. The zero-order valence-electron chi connectivity index (χ0n) is 13.1. The fraction of sp³-hybridized carbons (Fsp3) is 0.471. The Morgan fingerprint density at radius 3 is 2.78 bits per heavy atom. The standard InChI is InChI=1S/C17H19Cl2NO3/c1-9-6-10(18)7-12(19)13(9)14-15(21)17(20-16(14)22)5-3-4-11(8-17)23-2/h6-7,11,21H,3-5,8H2,1-2H3,(H,20,22). The topological polar surface area (TPSA) is 58.6 Å². The van der Waals surface area contributed by atoms with Crippen molar-refractivity contribution in [3.63, 3.8) is 0 Å². The minimum Gasteiger partial charge on any atom is -0.509 e. The molecule has 3 rings (SSSR count). The number of aliphatic hydroxyl groups is 1. The Morgan fingerprint density at radius 1 is 1.39 bits per heavy atom. The summed E-state index contributed by atoms with van der Waals surface area (Å²) in [4.78, 5) is 12.6. The van der Waals surface area contributed by atoms with Crippen LogP contribution in [0.2, 0.25) is 10.0 Å². The van der Waals surface area contributed by atoms with Gasteiger partial charge in [-0.3, -0.25) is 4.79 Å². The summed E-state index contributed by atoms with van der Waals surface area (Å²) < 4.78 is 5.44. The second-order valence-electron chi connectivity index (χ2n) is 6.29. The lowest BCUT2D eigenvalue weighted by Crippen LogP contribution is -2.49. The zero-order chi connectivity index (χ0) is 16.8. The van der Waals surface area contributed by atoms with Gasteiger partial charge < -0.3 is 15.2 Å². The Hall–Kier alpha value is -1.23. The summed E-state index contributed by atoms with van der Waals surface area (Å²) in [7, 11) is 1.66. The summed E-state index contributed by atoms with van der Waals surface area (Å²) in [6.45, 7) is 1.82. The molecule has 2 N–H and O–H groups in total. The first kappa shape index (κ1) is 16.6. The lowest BCUT2D eigenvalue weighted by atomic mass is 9.79. The molecule has 1 amide bonds. The van der Waals surface area contributed by atoms with Gasteiger partial charge in [-0.15, -0.1) is 0 Å². The van der Waals surface area contributed by atoms with Gasteiger partial charge in [0.1, 0.15) is 11.3 Å².